The minimum atomic E-state index is -0.316. The maximum atomic E-state index is 12.9. The summed E-state index contributed by atoms with van der Waals surface area (Å²) in [7, 11) is 3.64. The van der Waals surface area contributed by atoms with Crippen molar-refractivity contribution in [3.05, 3.63) is 33.1 Å². The van der Waals surface area contributed by atoms with Crippen molar-refractivity contribution in [1.82, 2.24) is 10.2 Å². The van der Waals surface area contributed by atoms with E-state index in [2.05, 4.69) is 5.32 Å². The lowest BCUT2D eigenvalue weighted by atomic mass is 10.2. The van der Waals surface area contributed by atoms with Gasteiger partial charge in [-0.25, -0.2) is 4.39 Å². The van der Waals surface area contributed by atoms with Gasteiger partial charge in [-0.3, -0.25) is 4.79 Å². The van der Waals surface area contributed by atoms with Gasteiger partial charge < -0.3 is 10.2 Å². The number of carbonyl (C=O) groups excluding carboxylic acids is 1. The van der Waals surface area contributed by atoms with Gasteiger partial charge in [0.1, 0.15) is 5.82 Å². The molecule has 1 rings (SSSR count). The quantitative estimate of drug-likeness (QED) is 0.652. The van der Waals surface area contributed by atoms with Crippen molar-refractivity contribution in [2.45, 2.75) is 6.42 Å². The van der Waals surface area contributed by atoms with Gasteiger partial charge in [-0.2, -0.15) is 0 Å². The highest BCUT2D eigenvalue weighted by molar-refractivity contribution is 14.1. The second kappa shape index (κ2) is 6.90. The van der Waals surface area contributed by atoms with E-state index in [0.717, 1.165) is 13.0 Å². The highest BCUT2D eigenvalue weighted by Crippen LogP contribution is 2.15. The Hall–Kier alpha value is -0.690. The summed E-state index contributed by atoms with van der Waals surface area (Å²) < 4.78 is 13.6. The van der Waals surface area contributed by atoms with Gasteiger partial charge in [-0.05, 0) is 60.8 Å². The zero-order valence-corrected chi connectivity index (χ0v) is 12.1. The van der Waals surface area contributed by atoms with Crippen LogP contribution in [0.3, 0.4) is 0 Å². The molecule has 0 saturated carbocycles. The Kier molecular flexibility index (Phi) is 5.84. The molecule has 1 amide bonds. The second-order valence-corrected chi connectivity index (χ2v) is 4.97. The summed E-state index contributed by atoms with van der Waals surface area (Å²) in [4.78, 5) is 13.7. The molecular formula is C12H16FIN2O. The number of rotatable bonds is 5. The van der Waals surface area contributed by atoms with E-state index < -0.39 is 0 Å². The van der Waals surface area contributed by atoms with Crippen LogP contribution < -0.4 is 5.32 Å². The molecule has 0 heterocycles. The number of halogens is 2. The molecule has 0 saturated heterocycles. The van der Waals surface area contributed by atoms with Gasteiger partial charge in [0.05, 0.1) is 5.56 Å². The maximum absolute atomic E-state index is 12.9. The Morgan fingerprint density at radius 3 is 2.82 bits per heavy atom. The van der Waals surface area contributed by atoms with Crippen LogP contribution in [0.1, 0.15) is 16.8 Å². The zero-order valence-electron chi connectivity index (χ0n) is 9.96. The van der Waals surface area contributed by atoms with Crippen LogP contribution in [0.15, 0.2) is 18.2 Å². The molecule has 0 aliphatic carbocycles. The Labute approximate surface area is 115 Å². The van der Waals surface area contributed by atoms with Gasteiger partial charge in [-0.1, -0.05) is 0 Å². The van der Waals surface area contributed by atoms with Crippen molar-refractivity contribution in [3.63, 3.8) is 0 Å². The molecule has 0 unspecified atom stereocenters. The number of benzene rings is 1. The maximum Gasteiger partial charge on any atom is 0.254 e. The molecule has 0 fully saturated rings. The van der Waals surface area contributed by atoms with Gasteiger partial charge in [0.15, 0.2) is 0 Å². The SMILES string of the molecule is CNCCCN(C)C(=O)c1ccc(F)cc1I. The number of nitrogens with zero attached hydrogens (tertiary/aromatic N) is 1. The molecule has 0 radical (unpaired) electrons. The highest BCUT2D eigenvalue weighted by Gasteiger charge is 2.14. The van der Waals surface area contributed by atoms with Crippen molar-refractivity contribution in [2.75, 3.05) is 27.2 Å². The number of hydrogen-bond acceptors (Lipinski definition) is 2. The molecule has 3 nitrogen and oxygen atoms in total. The van der Waals surface area contributed by atoms with Crippen LogP contribution in [0, 0.1) is 9.39 Å². The summed E-state index contributed by atoms with van der Waals surface area (Å²) in [6, 6.07) is 4.22. The Morgan fingerprint density at radius 1 is 1.53 bits per heavy atom. The summed E-state index contributed by atoms with van der Waals surface area (Å²) in [6.45, 7) is 1.56. The summed E-state index contributed by atoms with van der Waals surface area (Å²) in [6.07, 6.45) is 0.899. The standard InChI is InChI=1S/C12H16FIN2O/c1-15-6-3-7-16(2)12(17)10-5-4-9(13)8-11(10)14/h4-5,8,15H,3,6-7H2,1-2H3. The van der Waals surface area contributed by atoms with E-state index in [-0.39, 0.29) is 11.7 Å². The second-order valence-electron chi connectivity index (χ2n) is 3.81. The molecule has 1 aromatic rings. The van der Waals surface area contributed by atoms with Gasteiger partial charge >= 0.3 is 0 Å². The van der Waals surface area contributed by atoms with Crippen LogP contribution >= 0.6 is 22.6 Å². The molecule has 0 aromatic heterocycles. The topological polar surface area (TPSA) is 32.3 Å². The molecule has 0 atom stereocenters. The lowest BCUT2D eigenvalue weighted by Crippen LogP contribution is -2.30. The highest BCUT2D eigenvalue weighted by atomic mass is 127. The van der Waals surface area contributed by atoms with E-state index in [0.29, 0.717) is 15.7 Å². The molecule has 0 spiro atoms. The van der Waals surface area contributed by atoms with E-state index >= 15 is 0 Å². The smallest absolute Gasteiger partial charge is 0.254 e. The summed E-state index contributed by atoms with van der Waals surface area (Å²) in [5, 5.41) is 3.03. The molecule has 94 valence electrons. The first-order valence-corrected chi connectivity index (χ1v) is 6.49. The monoisotopic (exact) mass is 350 g/mol. The first kappa shape index (κ1) is 14.4. The number of nitrogens with one attached hydrogen (secondary N) is 1. The first-order valence-electron chi connectivity index (χ1n) is 5.41. The van der Waals surface area contributed by atoms with Crippen molar-refractivity contribution in [2.24, 2.45) is 0 Å². The van der Waals surface area contributed by atoms with Gasteiger partial charge in [0.2, 0.25) is 0 Å². The fourth-order valence-electron chi connectivity index (χ4n) is 1.46. The molecule has 0 aliphatic rings. The summed E-state index contributed by atoms with van der Waals surface area (Å²) in [5.41, 5.74) is 0.555. The third-order valence-corrected chi connectivity index (χ3v) is 3.32. The van der Waals surface area contributed by atoms with Crippen LogP contribution in [0.4, 0.5) is 4.39 Å². The third-order valence-electron chi connectivity index (χ3n) is 2.43. The molecule has 1 aromatic carbocycles. The number of amides is 1. The van der Waals surface area contributed by atoms with Crippen LogP contribution in [0.5, 0.6) is 0 Å². The minimum absolute atomic E-state index is 0.0643. The van der Waals surface area contributed by atoms with E-state index in [4.69, 9.17) is 0 Å². The molecule has 0 bridgehead atoms. The van der Waals surface area contributed by atoms with E-state index in [1.165, 1.54) is 18.2 Å². The van der Waals surface area contributed by atoms with Gasteiger partial charge in [0, 0.05) is 17.2 Å². The zero-order chi connectivity index (χ0) is 12.8. The summed E-state index contributed by atoms with van der Waals surface area (Å²) >= 11 is 1.98. The molecule has 17 heavy (non-hydrogen) atoms. The predicted molar refractivity (Wildman–Crippen MR) is 74.6 cm³/mol. The Balaban J connectivity index is 2.68. The Morgan fingerprint density at radius 2 is 2.24 bits per heavy atom. The first-order chi connectivity index (χ1) is 8.06. The van der Waals surface area contributed by atoms with E-state index in [1.807, 2.05) is 29.6 Å². The van der Waals surface area contributed by atoms with E-state index in [9.17, 15) is 9.18 Å². The van der Waals surface area contributed by atoms with Crippen molar-refractivity contribution >= 4 is 28.5 Å². The number of hydrogen-bond donors (Lipinski definition) is 1. The van der Waals surface area contributed by atoms with Gasteiger partial charge in [0.25, 0.3) is 5.91 Å². The van der Waals surface area contributed by atoms with E-state index in [1.54, 1.807) is 11.9 Å². The van der Waals surface area contributed by atoms with Crippen molar-refractivity contribution in [1.29, 1.82) is 0 Å². The fourth-order valence-corrected chi connectivity index (χ4v) is 2.17. The minimum Gasteiger partial charge on any atom is -0.342 e. The fraction of sp³-hybridized carbons (Fsp3) is 0.417. The van der Waals surface area contributed by atoms with Crippen LogP contribution in [-0.2, 0) is 0 Å². The molecule has 5 heteroatoms. The summed E-state index contributed by atoms with van der Waals surface area (Å²) in [5.74, 6) is -0.380. The van der Waals surface area contributed by atoms with Crippen molar-refractivity contribution < 1.29 is 9.18 Å². The molecule has 0 aliphatic heterocycles. The van der Waals surface area contributed by atoms with Gasteiger partial charge in [-0.15, -0.1) is 0 Å². The normalized spacial score (nSPS) is 10.4. The van der Waals surface area contributed by atoms with Crippen LogP contribution in [0.25, 0.3) is 0 Å². The number of carbonyl (C=O) groups is 1. The lowest BCUT2D eigenvalue weighted by molar-refractivity contribution is 0.0792. The Bertz CT molecular complexity index is 398. The molecular weight excluding hydrogens is 334 g/mol. The van der Waals surface area contributed by atoms with Crippen molar-refractivity contribution in [3.8, 4) is 0 Å². The van der Waals surface area contributed by atoms with Crippen LogP contribution in [0.2, 0.25) is 0 Å². The van der Waals surface area contributed by atoms with Crippen LogP contribution in [-0.4, -0.2) is 38.0 Å². The average Bonchev–Trinajstić information content (AvgIpc) is 2.28. The average molecular weight is 350 g/mol. The predicted octanol–water partition coefficient (Wildman–Crippen LogP) is 2.11. The third kappa shape index (κ3) is 4.23. The largest absolute Gasteiger partial charge is 0.342 e. The lowest BCUT2D eigenvalue weighted by Gasteiger charge is -2.17. The molecule has 1 N–H and O–H groups in total.